The van der Waals surface area contributed by atoms with Crippen molar-refractivity contribution in [2.45, 2.75) is 41.5 Å². The molecular formula is C16H21Cl3O3. The van der Waals surface area contributed by atoms with Gasteiger partial charge in [0.1, 0.15) is 0 Å². The molecule has 0 aliphatic heterocycles. The van der Waals surface area contributed by atoms with E-state index in [9.17, 15) is 9.59 Å². The Bertz CT molecular complexity index is 514. The zero-order chi connectivity index (χ0) is 17.9. The number of rotatable bonds is 2. The summed E-state index contributed by atoms with van der Waals surface area (Å²) in [6.07, 6.45) is 1.53. The summed E-state index contributed by atoms with van der Waals surface area (Å²) in [5.41, 5.74) is 0.226. The van der Waals surface area contributed by atoms with Gasteiger partial charge in [-0.05, 0) is 26.0 Å². The van der Waals surface area contributed by atoms with Crippen LogP contribution in [0.1, 0.15) is 51.9 Å². The van der Waals surface area contributed by atoms with Gasteiger partial charge in [0.2, 0.25) is 0 Å². The second-order valence-corrected chi connectivity index (χ2v) is 4.64. The minimum absolute atomic E-state index is 0.0310. The molecule has 1 aromatic carbocycles. The molecule has 0 fully saturated rings. The van der Waals surface area contributed by atoms with Crippen LogP contribution < -0.4 is 0 Å². The molecule has 0 saturated heterocycles. The van der Waals surface area contributed by atoms with Crippen LogP contribution >= 0.6 is 34.8 Å². The largest absolute Gasteiger partial charge is 0.386 e. The van der Waals surface area contributed by atoms with E-state index in [-0.39, 0.29) is 20.6 Å². The SMILES string of the molecule is C/C=C(\C)C(=O)OC(=O)c1c(Cl)cc(Cl)cc1Cl.CC.CC. The maximum atomic E-state index is 11.7. The summed E-state index contributed by atoms with van der Waals surface area (Å²) in [4.78, 5) is 23.2. The first-order valence-electron chi connectivity index (χ1n) is 6.90. The van der Waals surface area contributed by atoms with Crippen molar-refractivity contribution in [1.29, 1.82) is 0 Å². The highest BCUT2D eigenvalue weighted by Crippen LogP contribution is 2.29. The van der Waals surface area contributed by atoms with Crippen LogP contribution in [0, 0.1) is 0 Å². The minimum atomic E-state index is -0.909. The maximum absolute atomic E-state index is 11.7. The first-order valence-corrected chi connectivity index (χ1v) is 8.04. The molecule has 0 aliphatic rings. The topological polar surface area (TPSA) is 43.4 Å². The third-order valence-electron chi connectivity index (χ3n) is 2.15. The van der Waals surface area contributed by atoms with Crippen LogP contribution in [0.4, 0.5) is 0 Å². The van der Waals surface area contributed by atoms with E-state index in [1.54, 1.807) is 6.92 Å². The summed E-state index contributed by atoms with van der Waals surface area (Å²) in [6, 6.07) is 2.69. The van der Waals surface area contributed by atoms with Gasteiger partial charge in [0.15, 0.2) is 0 Å². The van der Waals surface area contributed by atoms with Crippen LogP contribution in [0.25, 0.3) is 0 Å². The summed E-state index contributed by atoms with van der Waals surface area (Å²) in [7, 11) is 0. The first-order chi connectivity index (χ1) is 10.4. The van der Waals surface area contributed by atoms with E-state index in [2.05, 4.69) is 4.74 Å². The summed E-state index contributed by atoms with van der Waals surface area (Å²) in [5.74, 6) is -1.66. The lowest BCUT2D eigenvalue weighted by Crippen LogP contribution is -2.14. The third-order valence-corrected chi connectivity index (χ3v) is 2.97. The number of esters is 2. The van der Waals surface area contributed by atoms with Gasteiger partial charge >= 0.3 is 11.9 Å². The van der Waals surface area contributed by atoms with Gasteiger partial charge in [0.25, 0.3) is 0 Å². The van der Waals surface area contributed by atoms with Crippen LogP contribution in [0.5, 0.6) is 0 Å². The predicted octanol–water partition coefficient (Wildman–Crippen LogP) is 6.35. The lowest BCUT2D eigenvalue weighted by atomic mass is 10.2. The smallest absolute Gasteiger partial charge is 0.349 e. The highest BCUT2D eigenvalue weighted by Gasteiger charge is 2.20. The standard InChI is InChI=1S/C12H9Cl3O3.2C2H6/c1-3-6(2)11(16)18-12(17)10-8(14)4-7(13)5-9(10)15;2*1-2/h3-5H,1-2H3;2*1-2H3/b6-3+;;. The number of ether oxygens (including phenoxy) is 1. The molecule has 0 bridgehead atoms. The molecule has 22 heavy (non-hydrogen) atoms. The van der Waals surface area contributed by atoms with Crippen LogP contribution in [-0.4, -0.2) is 11.9 Å². The van der Waals surface area contributed by atoms with Gasteiger partial charge in [-0.15, -0.1) is 0 Å². The van der Waals surface area contributed by atoms with Crippen molar-refractivity contribution in [3.8, 4) is 0 Å². The number of carbonyl (C=O) groups is 2. The fourth-order valence-electron chi connectivity index (χ4n) is 1.07. The van der Waals surface area contributed by atoms with Crippen molar-refractivity contribution in [2.75, 3.05) is 0 Å². The number of benzene rings is 1. The Labute approximate surface area is 147 Å². The van der Waals surface area contributed by atoms with E-state index in [1.807, 2.05) is 27.7 Å². The van der Waals surface area contributed by atoms with Gasteiger partial charge in [-0.1, -0.05) is 68.6 Å². The Morgan fingerprint density at radius 2 is 1.41 bits per heavy atom. The van der Waals surface area contributed by atoms with Crippen LogP contribution in [0.2, 0.25) is 15.1 Å². The fourth-order valence-corrected chi connectivity index (χ4v) is 2.04. The highest BCUT2D eigenvalue weighted by molar-refractivity contribution is 6.42. The molecule has 1 aromatic rings. The molecule has 3 nitrogen and oxygen atoms in total. The second kappa shape index (κ2) is 12.5. The van der Waals surface area contributed by atoms with Gasteiger partial charge in [0.05, 0.1) is 15.6 Å². The maximum Gasteiger partial charge on any atom is 0.349 e. The summed E-state index contributed by atoms with van der Waals surface area (Å²) in [6.45, 7) is 11.2. The number of hydrogen-bond donors (Lipinski definition) is 0. The van der Waals surface area contributed by atoms with Gasteiger partial charge in [0, 0.05) is 10.6 Å². The Morgan fingerprint density at radius 3 is 1.77 bits per heavy atom. The molecular weight excluding hydrogens is 347 g/mol. The van der Waals surface area contributed by atoms with Crippen LogP contribution in [0.15, 0.2) is 23.8 Å². The third kappa shape index (κ3) is 7.30. The van der Waals surface area contributed by atoms with Crippen molar-refractivity contribution >= 4 is 46.7 Å². The summed E-state index contributed by atoms with van der Waals surface area (Å²) < 4.78 is 4.63. The molecule has 124 valence electrons. The van der Waals surface area contributed by atoms with E-state index in [4.69, 9.17) is 34.8 Å². The Balaban J connectivity index is 0. The normalized spacial score (nSPS) is 9.77. The van der Waals surface area contributed by atoms with E-state index in [1.165, 1.54) is 25.1 Å². The average molecular weight is 368 g/mol. The molecule has 1 rings (SSSR count). The molecule has 6 heteroatoms. The van der Waals surface area contributed by atoms with Gasteiger partial charge in [-0.2, -0.15) is 0 Å². The highest BCUT2D eigenvalue weighted by atomic mass is 35.5. The Kier molecular flexibility index (Phi) is 13.2. The lowest BCUT2D eigenvalue weighted by molar-refractivity contribution is -0.133. The van der Waals surface area contributed by atoms with Crippen molar-refractivity contribution in [3.05, 3.63) is 44.4 Å². The quantitative estimate of drug-likeness (QED) is 0.347. The molecule has 0 aromatic heterocycles. The minimum Gasteiger partial charge on any atom is -0.386 e. The van der Waals surface area contributed by atoms with Crippen molar-refractivity contribution in [2.24, 2.45) is 0 Å². The molecule has 0 N–H and O–H groups in total. The van der Waals surface area contributed by atoms with Crippen molar-refractivity contribution < 1.29 is 14.3 Å². The monoisotopic (exact) mass is 366 g/mol. The molecule has 0 spiro atoms. The zero-order valence-electron chi connectivity index (χ0n) is 13.6. The zero-order valence-corrected chi connectivity index (χ0v) is 15.9. The molecule has 0 atom stereocenters. The van der Waals surface area contributed by atoms with Crippen LogP contribution in [0.3, 0.4) is 0 Å². The predicted molar refractivity (Wildman–Crippen MR) is 94.0 cm³/mol. The van der Waals surface area contributed by atoms with E-state index < -0.39 is 11.9 Å². The van der Waals surface area contributed by atoms with Gasteiger partial charge in [-0.3, -0.25) is 0 Å². The fraction of sp³-hybridized carbons (Fsp3) is 0.375. The molecule has 0 aliphatic carbocycles. The average Bonchev–Trinajstić information content (AvgIpc) is 2.49. The van der Waals surface area contributed by atoms with E-state index in [0.29, 0.717) is 5.57 Å². The van der Waals surface area contributed by atoms with E-state index >= 15 is 0 Å². The number of halogens is 3. The lowest BCUT2D eigenvalue weighted by Gasteiger charge is -2.07. The molecule has 0 radical (unpaired) electrons. The number of hydrogen-bond acceptors (Lipinski definition) is 3. The second-order valence-electron chi connectivity index (χ2n) is 3.39. The molecule has 0 heterocycles. The summed E-state index contributed by atoms with van der Waals surface area (Å²) >= 11 is 17.4. The van der Waals surface area contributed by atoms with Gasteiger partial charge in [-0.25, -0.2) is 9.59 Å². The van der Waals surface area contributed by atoms with E-state index in [0.717, 1.165) is 0 Å². The molecule has 0 unspecified atom stereocenters. The molecule has 0 saturated carbocycles. The van der Waals surface area contributed by atoms with Crippen LogP contribution in [-0.2, 0) is 9.53 Å². The summed E-state index contributed by atoms with van der Waals surface area (Å²) in [5, 5.41) is 0.351. The Hall–Kier alpha value is -1.03. The van der Waals surface area contributed by atoms with Crippen molar-refractivity contribution in [1.82, 2.24) is 0 Å². The van der Waals surface area contributed by atoms with Gasteiger partial charge < -0.3 is 4.74 Å². The first kappa shape index (κ1) is 23.2. The number of allylic oxidation sites excluding steroid dienone is 1. The number of carbonyl (C=O) groups excluding carboxylic acids is 2. The molecule has 0 amide bonds. The van der Waals surface area contributed by atoms with Crippen molar-refractivity contribution in [3.63, 3.8) is 0 Å². The Morgan fingerprint density at radius 1 is 1.00 bits per heavy atom.